The summed E-state index contributed by atoms with van der Waals surface area (Å²) in [5, 5.41) is 0.283. The van der Waals surface area contributed by atoms with Crippen LogP contribution in [-0.4, -0.2) is 9.86 Å². The molecule has 1 heterocycles. The lowest BCUT2D eigenvalue weighted by atomic mass is 9.92. The van der Waals surface area contributed by atoms with Gasteiger partial charge in [-0.3, -0.25) is 4.79 Å². The predicted octanol–water partition coefficient (Wildman–Crippen LogP) is 4.33. The van der Waals surface area contributed by atoms with E-state index < -0.39 is 0 Å². The van der Waals surface area contributed by atoms with Crippen LogP contribution >= 0.6 is 11.8 Å². The molecule has 0 aliphatic carbocycles. The molecule has 86 valence electrons. The molecular formula is C13H22OS. The molecule has 0 fully saturated rings. The largest absolute Gasteiger partial charge is 0.282 e. The van der Waals surface area contributed by atoms with Crippen molar-refractivity contribution in [3.8, 4) is 0 Å². The fourth-order valence-corrected chi connectivity index (χ4v) is 3.30. The zero-order valence-electron chi connectivity index (χ0n) is 10.4. The van der Waals surface area contributed by atoms with Crippen LogP contribution in [-0.2, 0) is 4.79 Å². The van der Waals surface area contributed by atoms with Crippen molar-refractivity contribution in [3.05, 3.63) is 11.1 Å². The summed E-state index contributed by atoms with van der Waals surface area (Å²) in [7, 11) is 0. The molecule has 0 saturated heterocycles. The SMILES string of the molecule is CCCCCCC1(C)SC(=O)C(C)=C1C. The van der Waals surface area contributed by atoms with Crippen LogP contribution in [0.25, 0.3) is 0 Å². The van der Waals surface area contributed by atoms with Gasteiger partial charge in [0, 0.05) is 10.3 Å². The van der Waals surface area contributed by atoms with E-state index in [1.165, 1.54) is 43.0 Å². The van der Waals surface area contributed by atoms with Gasteiger partial charge in [0.05, 0.1) is 0 Å². The monoisotopic (exact) mass is 226 g/mol. The molecule has 0 saturated carbocycles. The maximum atomic E-state index is 11.6. The van der Waals surface area contributed by atoms with Crippen LogP contribution in [0.4, 0.5) is 0 Å². The molecule has 1 aliphatic rings. The molecule has 0 aromatic heterocycles. The predicted molar refractivity (Wildman–Crippen MR) is 68.1 cm³/mol. The summed E-state index contributed by atoms with van der Waals surface area (Å²) < 4.78 is 0.0922. The van der Waals surface area contributed by atoms with Gasteiger partial charge in [0.25, 0.3) is 0 Å². The van der Waals surface area contributed by atoms with Crippen LogP contribution in [0, 0.1) is 0 Å². The number of hydrogen-bond donors (Lipinski definition) is 0. The minimum atomic E-state index is 0.0922. The number of carbonyl (C=O) groups is 1. The zero-order valence-corrected chi connectivity index (χ0v) is 11.2. The Morgan fingerprint density at radius 2 is 1.87 bits per heavy atom. The van der Waals surface area contributed by atoms with Gasteiger partial charge in [0.2, 0.25) is 5.12 Å². The summed E-state index contributed by atoms with van der Waals surface area (Å²) in [6, 6.07) is 0. The van der Waals surface area contributed by atoms with Crippen LogP contribution in [0.2, 0.25) is 0 Å². The molecule has 1 unspecified atom stereocenters. The fourth-order valence-electron chi connectivity index (χ4n) is 2.04. The molecule has 0 radical (unpaired) electrons. The van der Waals surface area contributed by atoms with Crippen molar-refractivity contribution in [2.24, 2.45) is 0 Å². The first-order valence-corrected chi connectivity index (χ1v) is 6.74. The summed E-state index contributed by atoms with van der Waals surface area (Å²) in [6.07, 6.45) is 6.28. The van der Waals surface area contributed by atoms with Crippen molar-refractivity contribution >= 4 is 16.9 Å². The fraction of sp³-hybridized carbons (Fsp3) is 0.769. The summed E-state index contributed by atoms with van der Waals surface area (Å²) in [6.45, 7) is 8.52. The highest BCUT2D eigenvalue weighted by Gasteiger charge is 2.37. The average molecular weight is 226 g/mol. The number of unbranched alkanes of at least 4 members (excludes halogenated alkanes) is 3. The third-order valence-corrected chi connectivity index (χ3v) is 4.94. The minimum absolute atomic E-state index is 0.0922. The Balaban J connectivity index is 2.51. The van der Waals surface area contributed by atoms with Crippen LogP contribution in [0.1, 0.15) is 59.8 Å². The molecule has 0 spiro atoms. The minimum Gasteiger partial charge on any atom is -0.282 e. The quantitative estimate of drug-likeness (QED) is 0.649. The van der Waals surface area contributed by atoms with Gasteiger partial charge in [0.15, 0.2) is 0 Å². The van der Waals surface area contributed by atoms with E-state index in [9.17, 15) is 4.79 Å². The van der Waals surface area contributed by atoms with Crippen molar-refractivity contribution in [1.29, 1.82) is 0 Å². The topological polar surface area (TPSA) is 17.1 Å². The Hall–Kier alpha value is -0.240. The highest BCUT2D eigenvalue weighted by molar-refractivity contribution is 8.15. The van der Waals surface area contributed by atoms with E-state index in [1.54, 1.807) is 0 Å². The molecular weight excluding hydrogens is 204 g/mol. The highest BCUT2D eigenvalue weighted by atomic mass is 32.2. The van der Waals surface area contributed by atoms with Gasteiger partial charge >= 0.3 is 0 Å². The Bertz CT molecular complexity index is 280. The molecule has 1 atom stereocenters. The maximum absolute atomic E-state index is 11.6. The third kappa shape index (κ3) is 2.87. The van der Waals surface area contributed by atoms with E-state index in [0.29, 0.717) is 0 Å². The first kappa shape index (κ1) is 12.8. The zero-order chi connectivity index (χ0) is 11.5. The van der Waals surface area contributed by atoms with E-state index in [-0.39, 0.29) is 9.86 Å². The second-order valence-electron chi connectivity index (χ2n) is 4.68. The van der Waals surface area contributed by atoms with Gasteiger partial charge in [-0.05, 0) is 32.8 Å². The van der Waals surface area contributed by atoms with E-state index in [2.05, 4.69) is 20.8 Å². The van der Waals surface area contributed by atoms with Crippen LogP contribution in [0.5, 0.6) is 0 Å². The van der Waals surface area contributed by atoms with Gasteiger partial charge in [-0.2, -0.15) is 0 Å². The van der Waals surface area contributed by atoms with Crippen molar-refractivity contribution in [3.63, 3.8) is 0 Å². The van der Waals surface area contributed by atoms with Crippen molar-refractivity contribution in [2.75, 3.05) is 0 Å². The summed E-state index contributed by atoms with van der Waals surface area (Å²) in [5.74, 6) is 0. The second-order valence-corrected chi connectivity index (χ2v) is 6.16. The van der Waals surface area contributed by atoms with Crippen LogP contribution in [0.3, 0.4) is 0 Å². The van der Waals surface area contributed by atoms with Gasteiger partial charge < -0.3 is 0 Å². The van der Waals surface area contributed by atoms with Gasteiger partial charge in [-0.15, -0.1) is 0 Å². The smallest absolute Gasteiger partial charge is 0.215 e. The molecule has 0 aromatic rings. The van der Waals surface area contributed by atoms with Crippen LogP contribution < -0.4 is 0 Å². The summed E-state index contributed by atoms with van der Waals surface area (Å²) in [4.78, 5) is 11.6. The summed E-state index contributed by atoms with van der Waals surface area (Å²) >= 11 is 1.53. The highest BCUT2D eigenvalue weighted by Crippen LogP contribution is 2.46. The van der Waals surface area contributed by atoms with Gasteiger partial charge in [-0.25, -0.2) is 0 Å². The standard InChI is InChI=1S/C13H22OS/c1-5-6-7-8-9-13(4)11(3)10(2)12(14)15-13/h5-9H2,1-4H3. The van der Waals surface area contributed by atoms with Gasteiger partial charge in [0.1, 0.15) is 0 Å². The molecule has 0 aromatic carbocycles. The number of thioether (sulfide) groups is 1. The van der Waals surface area contributed by atoms with E-state index in [0.717, 1.165) is 12.0 Å². The van der Waals surface area contributed by atoms with Gasteiger partial charge in [-0.1, -0.05) is 44.4 Å². The van der Waals surface area contributed by atoms with E-state index in [4.69, 9.17) is 0 Å². The molecule has 1 aliphatic heterocycles. The lowest BCUT2D eigenvalue weighted by molar-refractivity contribution is -0.107. The molecule has 15 heavy (non-hydrogen) atoms. The van der Waals surface area contributed by atoms with E-state index in [1.807, 2.05) is 6.92 Å². The van der Waals surface area contributed by atoms with E-state index >= 15 is 0 Å². The van der Waals surface area contributed by atoms with Crippen molar-refractivity contribution < 1.29 is 4.79 Å². The number of rotatable bonds is 5. The average Bonchev–Trinajstić information content (AvgIpc) is 2.39. The number of carbonyl (C=O) groups excluding carboxylic acids is 1. The first-order valence-electron chi connectivity index (χ1n) is 5.92. The molecule has 0 N–H and O–H groups in total. The van der Waals surface area contributed by atoms with Crippen molar-refractivity contribution in [2.45, 2.75) is 64.5 Å². The maximum Gasteiger partial charge on any atom is 0.215 e. The third-order valence-electron chi connectivity index (χ3n) is 3.49. The van der Waals surface area contributed by atoms with Crippen LogP contribution in [0.15, 0.2) is 11.1 Å². The van der Waals surface area contributed by atoms with Crippen molar-refractivity contribution in [1.82, 2.24) is 0 Å². The molecule has 1 nitrogen and oxygen atoms in total. The Morgan fingerprint density at radius 1 is 1.20 bits per heavy atom. The second kappa shape index (κ2) is 5.20. The summed E-state index contributed by atoms with van der Waals surface area (Å²) in [5.41, 5.74) is 2.28. The lowest BCUT2D eigenvalue weighted by Gasteiger charge is -2.24. The normalized spacial score (nSPS) is 26.5. The number of hydrogen-bond acceptors (Lipinski definition) is 2. The molecule has 1 rings (SSSR count). The first-order chi connectivity index (χ1) is 7.01. The Kier molecular flexibility index (Phi) is 4.45. The lowest BCUT2D eigenvalue weighted by Crippen LogP contribution is -2.18. The Morgan fingerprint density at radius 3 is 2.33 bits per heavy atom. The Labute approximate surface area is 97.7 Å². The molecule has 0 amide bonds. The molecule has 0 bridgehead atoms. The molecule has 2 heteroatoms.